The number of anilines is 6. The van der Waals surface area contributed by atoms with Crippen LogP contribution < -0.4 is 26.2 Å². The molecule has 2 aromatic heterocycles. The first kappa shape index (κ1) is 64.7. The predicted molar refractivity (Wildman–Crippen MR) is 481 cm³/mol. The van der Waals surface area contributed by atoms with Crippen molar-refractivity contribution in [2.45, 2.75) is 26.2 Å². The van der Waals surface area contributed by atoms with Gasteiger partial charge in [0.1, 0.15) is 0 Å². The van der Waals surface area contributed by atoms with Crippen molar-refractivity contribution in [2.75, 3.05) is 9.80 Å². The van der Waals surface area contributed by atoms with Gasteiger partial charge in [0.2, 0.25) is 0 Å². The van der Waals surface area contributed by atoms with Crippen LogP contribution in [0.25, 0.3) is 165 Å². The molecule has 19 aromatic carbocycles. The lowest BCUT2D eigenvalue weighted by atomic mass is 9.33. The molecule has 2 aliphatic heterocycles. The SMILES string of the molecule is CC(C)(C)c1ccc(-c2ccc3c(c2)N(c2c(-c4ccccc4)cc(-c4ccccc4)cc2-c2ccccc2)c2cc(-n4c5ccc6cccc7c8cccc9ccc4c(c98)c5c67)cc4c2B3c2ccc(-n3c5ccccc5c5ccccc53)cc2N4c2c(-c3ccccc3)cc(-c3ccccc3)cc2-c2ccccc2)cc1. The van der Waals surface area contributed by atoms with Crippen LogP contribution in [0.3, 0.4) is 0 Å². The average Bonchev–Trinajstić information content (AvgIpc) is 1.34. The molecule has 0 aliphatic carbocycles. The summed E-state index contributed by atoms with van der Waals surface area (Å²) in [5, 5.41) is 12.6. The van der Waals surface area contributed by atoms with Gasteiger partial charge in [0.25, 0.3) is 6.71 Å². The van der Waals surface area contributed by atoms with Crippen molar-refractivity contribution in [3.05, 3.63) is 394 Å². The van der Waals surface area contributed by atoms with E-state index in [9.17, 15) is 0 Å². The Labute approximate surface area is 657 Å². The first-order valence-electron chi connectivity index (χ1n) is 39.5. The molecular weight excluding hydrogens is 1360 g/mol. The molecule has 0 N–H and O–H groups in total. The van der Waals surface area contributed by atoms with Crippen LogP contribution in [0.4, 0.5) is 34.1 Å². The number of nitrogens with zero attached hydrogens (tertiary/aromatic N) is 4. The van der Waals surface area contributed by atoms with E-state index in [4.69, 9.17) is 0 Å². The minimum atomic E-state index is -0.304. The quantitative estimate of drug-likeness (QED) is 0.0729. The number of aromatic nitrogens is 2. The lowest BCUT2D eigenvalue weighted by molar-refractivity contribution is 0.590. The maximum absolute atomic E-state index is 2.74. The second-order valence-electron chi connectivity index (χ2n) is 31.8. The number of hydrogen-bond donors (Lipinski definition) is 0. The molecule has 0 fully saturated rings. The topological polar surface area (TPSA) is 16.3 Å². The third-order valence-corrected chi connectivity index (χ3v) is 24.5. The lowest BCUT2D eigenvalue weighted by Gasteiger charge is -2.46. The zero-order valence-electron chi connectivity index (χ0n) is 62.8. The van der Waals surface area contributed by atoms with Crippen LogP contribution in [-0.2, 0) is 5.41 Å². The summed E-state index contributed by atoms with van der Waals surface area (Å²) in [6.07, 6.45) is 0. The fourth-order valence-corrected chi connectivity index (χ4v) is 19.4. The van der Waals surface area contributed by atoms with E-state index in [2.05, 4.69) is 428 Å². The molecule has 0 amide bonds. The highest BCUT2D eigenvalue weighted by Crippen LogP contribution is 2.57. The molecular formula is C108H73BN4. The van der Waals surface area contributed by atoms with Crippen LogP contribution in [0.1, 0.15) is 26.3 Å². The molecule has 113 heavy (non-hydrogen) atoms. The zero-order chi connectivity index (χ0) is 74.7. The van der Waals surface area contributed by atoms with Crippen LogP contribution in [0.15, 0.2) is 388 Å². The van der Waals surface area contributed by atoms with Crippen molar-refractivity contribution < 1.29 is 0 Å². The molecule has 0 spiro atoms. The Balaban J connectivity index is 0.933. The fourth-order valence-electron chi connectivity index (χ4n) is 19.4. The van der Waals surface area contributed by atoms with Crippen molar-refractivity contribution in [3.63, 3.8) is 0 Å². The van der Waals surface area contributed by atoms with Gasteiger partial charge in [-0.25, -0.2) is 0 Å². The summed E-state index contributed by atoms with van der Waals surface area (Å²) < 4.78 is 5.15. The van der Waals surface area contributed by atoms with Gasteiger partial charge >= 0.3 is 0 Å². The van der Waals surface area contributed by atoms with Crippen molar-refractivity contribution in [1.82, 2.24) is 9.13 Å². The van der Waals surface area contributed by atoms with Gasteiger partial charge in [-0.3, -0.25) is 0 Å². The summed E-state index contributed by atoms with van der Waals surface area (Å²) in [5.41, 5.74) is 34.0. The normalized spacial score (nSPS) is 12.7. The minimum Gasteiger partial charge on any atom is -0.310 e. The molecule has 0 saturated heterocycles. The largest absolute Gasteiger partial charge is 0.310 e. The molecule has 0 unspecified atom stereocenters. The second kappa shape index (κ2) is 25.1. The van der Waals surface area contributed by atoms with Crippen molar-refractivity contribution >= 4 is 133 Å². The highest BCUT2D eigenvalue weighted by Gasteiger charge is 2.46. The molecule has 2 aliphatic rings. The third-order valence-electron chi connectivity index (χ3n) is 24.5. The summed E-state index contributed by atoms with van der Waals surface area (Å²) >= 11 is 0. The minimum absolute atomic E-state index is 0.0336. The predicted octanol–water partition coefficient (Wildman–Crippen LogP) is 27.3. The second-order valence-corrected chi connectivity index (χ2v) is 31.8. The summed E-state index contributed by atoms with van der Waals surface area (Å²) in [6, 6.07) is 147. The summed E-state index contributed by atoms with van der Waals surface area (Å²) in [5.74, 6) is 0. The van der Waals surface area contributed by atoms with Gasteiger partial charge in [0.05, 0.1) is 39.1 Å². The molecule has 0 radical (unpaired) electrons. The first-order chi connectivity index (χ1) is 55.7. The van der Waals surface area contributed by atoms with E-state index >= 15 is 0 Å². The molecule has 0 saturated carbocycles. The molecule has 4 nitrogen and oxygen atoms in total. The molecule has 5 heteroatoms. The number of para-hydroxylation sites is 2. The Hall–Kier alpha value is -14.3. The monoisotopic (exact) mass is 1440 g/mol. The Morgan fingerprint density at radius 2 is 0.584 bits per heavy atom. The maximum atomic E-state index is 2.74. The Morgan fingerprint density at radius 3 is 1.02 bits per heavy atom. The highest BCUT2D eigenvalue weighted by molar-refractivity contribution is 7.00. The summed E-state index contributed by atoms with van der Waals surface area (Å²) in [4.78, 5) is 5.47. The van der Waals surface area contributed by atoms with Crippen LogP contribution in [-0.4, -0.2) is 15.8 Å². The van der Waals surface area contributed by atoms with Crippen LogP contribution in [0.5, 0.6) is 0 Å². The zero-order valence-corrected chi connectivity index (χ0v) is 62.8. The summed E-state index contributed by atoms with van der Waals surface area (Å²) in [7, 11) is 0. The maximum Gasteiger partial charge on any atom is 0.252 e. The Morgan fingerprint density at radius 1 is 0.230 bits per heavy atom. The molecule has 23 rings (SSSR count). The summed E-state index contributed by atoms with van der Waals surface area (Å²) in [6.45, 7) is 6.62. The van der Waals surface area contributed by atoms with E-state index in [1.165, 1.54) is 75.8 Å². The highest BCUT2D eigenvalue weighted by atomic mass is 15.2. The molecule has 21 aromatic rings. The van der Waals surface area contributed by atoms with Crippen molar-refractivity contribution in [2.24, 2.45) is 0 Å². The van der Waals surface area contributed by atoms with Gasteiger partial charge in [-0.15, -0.1) is 0 Å². The van der Waals surface area contributed by atoms with E-state index in [-0.39, 0.29) is 12.1 Å². The van der Waals surface area contributed by atoms with E-state index in [0.717, 1.165) is 145 Å². The Kier molecular flexibility index (Phi) is 14.4. The van der Waals surface area contributed by atoms with Gasteiger partial charge in [0.15, 0.2) is 0 Å². The molecule has 0 atom stereocenters. The average molecular weight is 1440 g/mol. The molecule has 0 bridgehead atoms. The number of fused-ring (bicyclic) bond motifs is 8. The number of rotatable bonds is 11. The van der Waals surface area contributed by atoms with Crippen LogP contribution >= 0.6 is 0 Å². The Bertz CT molecular complexity index is 7090. The van der Waals surface area contributed by atoms with E-state index in [1.54, 1.807) is 0 Å². The van der Waals surface area contributed by atoms with Gasteiger partial charge < -0.3 is 18.9 Å². The first-order valence-corrected chi connectivity index (χ1v) is 39.5. The standard InChI is InChI=1S/C108H73BN4/c1-108(2,3)80-53-48-70(49-54-80)77-50-56-91-97(64-77)112(106-87(71-32-14-6-15-33-71)60-78(68-28-10-4-11-29-68)61-88(106)72-34-16-7-17-35-72)99-66-82(111-95-58-51-75-40-26-44-85-86-45-27-41-76-52-59-96(111)104(102(76)86)103(95)101(75)85)67-100-105(99)109(91)92-57-55-81(110-93-46-24-22-42-83(93)84-43-23-25-47-94(84)110)65-98(92)113(100)107-89(73-36-18-8-19-37-73)62-79(69-30-12-5-13-31-69)63-90(107)74-38-20-9-21-39-74/h4-67H,1-3H3. The van der Waals surface area contributed by atoms with Gasteiger partial charge in [0, 0.05) is 72.2 Å². The van der Waals surface area contributed by atoms with Gasteiger partial charge in [-0.05, 0) is 194 Å². The number of benzene rings is 19. The molecule has 528 valence electrons. The van der Waals surface area contributed by atoms with Gasteiger partial charge in [-0.2, -0.15) is 0 Å². The van der Waals surface area contributed by atoms with Crippen LogP contribution in [0, 0.1) is 0 Å². The fraction of sp³-hybridized carbons (Fsp3) is 0.0370. The van der Waals surface area contributed by atoms with Crippen molar-refractivity contribution in [3.8, 4) is 89.3 Å². The smallest absolute Gasteiger partial charge is 0.252 e. The van der Waals surface area contributed by atoms with E-state index in [1.807, 2.05) is 0 Å². The van der Waals surface area contributed by atoms with Gasteiger partial charge in [-0.1, -0.05) is 330 Å². The lowest BCUT2D eigenvalue weighted by Crippen LogP contribution is -2.61. The van der Waals surface area contributed by atoms with Crippen molar-refractivity contribution in [1.29, 1.82) is 0 Å². The third kappa shape index (κ3) is 9.97. The van der Waals surface area contributed by atoms with Crippen LogP contribution in [0.2, 0.25) is 0 Å². The van der Waals surface area contributed by atoms with E-state index in [0.29, 0.717) is 0 Å². The number of hydrogen-bond acceptors (Lipinski definition) is 2. The molecule has 4 heterocycles. The van der Waals surface area contributed by atoms with E-state index < -0.39 is 0 Å².